The van der Waals surface area contributed by atoms with E-state index in [1.54, 1.807) is 38.3 Å². The lowest BCUT2D eigenvalue weighted by Gasteiger charge is -2.31. The van der Waals surface area contributed by atoms with Crippen LogP contribution in [0.1, 0.15) is 31.4 Å². The van der Waals surface area contributed by atoms with Crippen LogP contribution < -0.4 is 0 Å². The summed E-state index contributed by atoms with van der Waals surface area (Å²) in [6, 6.07) is 6.40. The number of piperidine rings is 1. The van der Waals surface area contributed by atoms with Gasteiger partial charge in [0.15, 0.2) is 0 Å². The molecule has 1 fully saturated rings. The highest BCUT2D eigenvalue weighted by molar-refractivity contribution is 7.89. The predicted octanol–water partition coefficient (Wildman–Crippen LogP) is 1.54. The molecule has 20 heavy (non-hydrogen) atoms. The Bertz CT molecular complexity index is 539. The zero-order valence-electron chi connectivity index (χ0n) is 11.8. The van der Waals surface area contributed by atoms with E-state index in [2.05, 4.69) is 0 Å². The highest BCUT2D eigenvalue weighted by Crippen LogP contribution is 2.23. The fraction of sp³-hybridized carbons (Fsp3) is 0.571. The molecule has 1 heterocycles. The fourth-order valence-corrected chi connectivity index (χ4v) is 3.89. The Morgan fingerprint density at radius 1 is 1.35 bits per heavy atom. The van der Waals surface area contributed by atoms with Gasteiger partial charge in [-0.3, -0.25) is 0 Å². The van der Waals surface area contributed by atoms with Crippen molar-refractivity contribution in [2.75, 3.05) is 20.2 Å². The monoisotopic (exact) mass is 299 g/mol. The number of benzene rings is 1. The van der Waals surface area contributed by atoms with Crippen LogP contribution in [0, 0.1) is 0 Å². The molecule has 0 aromatic heterocycles. The second-order valence-corrected chi connectivity index (χ2v) is 7.05. The summed E-state index contributed by atoms with van der Waals surface area (Å²) in [7, 11) is -1.87. The molecule has 1 aliphatic rings. The largest absolute Gasteiger partial charge is 0.389 e. The van der Waals surface area contributed by atoms with E-state index in [4.69, 9.17) is 4.74 Å². The Kier molecular flexibility index (Phi) is 4.80. The van der Waals surface area contributed by atoms with Gasteiger partial charge >= 0.3 is 0 Å². The van der Waals surface area contributed by atoms with Crippen molar-refractivity contribution >= 4 is 10.0 Å². The maximum atomic E-state index is 12.5. The molecule has 0 amide bonds. The summed E-state index contributed by atoms with van der Waals surface area (Å²) >= 11 is 0. The fourth-order valence-electron chi connectivity index (χ4n) is 2.38. The van der Waals surface area contributed by atoms with E-state index in [9.17, 15) is 13.5 Å². The van der Waals surface area contributed by atoms with Crippen LogP contribution in [-0.4, -0.2) is 44.1 Å². The van der Waals surface area contributed by atoms with E-state index in [0.717, 1.165) is 12.8 Å². The maximum absolute atomic E-state index is 12.5. The van der Waals surface area contributed by atoms with Crippen molar-refractivity contribution in [1.82, 2.24) is 4.31 Å². The van der Waals surface area contributed by atoms with Crippen LogP contribution in [0.4, 0.5) is 0 Å². The molecule has 0 radical (unpaired) electrons. The minimum Gasteiger partial charge on any atom is -0.389 e. The van der Waals surface area contributed by atoms with Crippen LogP contribution in [0.3, 0.4) is 0 Å². The van der Waals surface area contributed by atoms with Gasteiger partial charge in [-0.1, -0.05) is 12.1 Å². The maximum Gasteiger partial charge on any atom is 0.243 e. The summed E-state index contributed by atoms with van der Waals surface area (Å²) in [6.07, 6.45) is 1.07. The number of hydrogen-bond acceptors (Lipinski definition) is 4. The molecular formula is C14H21NO4S. The molecule has 0 bridgehead atoms. The lowest BCUT2D eigenvalue weighted by Crippen LogP contribution is -2.42. The highest BCUT2D eigenvalue weighted by atomic mass is 32.2. The molecule has 2 unspecified atom stereocenters. The SMILES string of the molecule is COC1CCCN(S(=O)(=O)c2ccc(C(C)O)cc2)C1. The number of rotatable bonds is 4. The Morgan fingerprint density at radius 2 is 2.00 bits per heavy atom. The van der Waals surface area contributed by atoms with E-state index in [0.29, 0.717) is 18.7 Å². The van der Waals surface area contributed by atoms with Crippen LogP contribution in [-0.2, 0) is 14.8 Å². The minimum absolute atomic E-state index is 0.0322. The van der Waals surface area contributed by atoms with Gasteiger partial charge in [-0.25, -0.2) is 8.42 Å². The van der Waals surface area contributed by atoms with Crippen LogP contribution >= 0.6 is 0 Å². The van der Waals surface area contributed by atoms with Crippen molar-refractivity contribution in [3.63, 3.8) is 0 Å². The van der Waals surface area contributed by atoms with Crippen LogP contribution in [0.5, 0.6) is 0 Å². The lowest BCUT2D eigenvalue weighted by molar-refractivity contribution is 0.0572. The summed E-state index contributed by atoms with van der Waals surface area (Å²) in [5, 5.41) is 9.46. The molecule has 1 aromatic rings. The Labute approximate surface area is 120 Å². The third-order valence-corrected chi connectivity index (χ3v) is 5.55. The average molecular weight is 299 g/mol. The first-order valence-corrected chi connectivity index (χ1v) is 8.20. The number of aliphatic hydroxyl groups is 1. The van der Waals surface area contributed by atoms with Gasteiger partial charge in [-0.05, 0) is 37.5 Å². The first kappa shape index (κ1) is 15.4. The molecule has 1 saturated heterocycles. The molecular weight excluding hydrogens is 278 g/mol. The van der Waals surface area contributed by atoms with E-state index in [1.165, 1.54) is 4.31 Å². The Morgan fingerprint density at radius 3 is 2.55 bits per heavy atom. The van der Waals surface area contributed by atoms with Crippen molar-refractivity contribution < 1.29 is 18.3 Å². The normalized spacial score (nSPS) is 22.6. The number of aliphatic hydroxyl groups excluding tert-OH is 1. The average Bonchev–Trinajstić information content (AvgIpc) is 2.47. The lowest BCUT2D eigenvalue weighted by atomic mass is 10.1. The number of nitrogens with zero attached hydrogens (tertiary/aromatic N) is 1. The van der Waals surface area contributed by atoms with Crippen molar-refractivity contribution in [2.24, 2.45) is 0 Å². The van der Waals surface area contributed by atoms with Crippen molar-refractivity contribution in [3.8, 4) is 0 Å². The molecule has 2 rings (SSSR count). The minimum atomic E-state index is -3.48. The molecule has 1 aromatic carbocycles. The van der Waals surface area contributed by atoms with E-state index in [1.807, 2.05) is 0 Å². The topological polar surface area (TPSA) is 66.8 Å². The van der Waals surface area contributed by atoms with E-state index < -0.39 is 16.1 Å². The van der Waals surface area contributed by atoms with Gasteiger partial charge in [0.25, 0.3) is 0 Å². The van der Waals surface area contributed by atoms with Gasteiger partial charge in [0, 0.05) is 20.2 Å². The summed E-state index contributed by atoms with van der Waals surface area (Å²) in [6.45, 7) is 2.58. The second-order valence-electron chi connectivity index (χ2n) is 5.11. The number of methoxy groups -OCH3 is 1. The molecule has 6 heteroatoms. The number of hydrogen-bond donors (Lipinski definition) is 1. The van der Waals surface area contributed by atoms with Gasteiger partial charge in [0.2, 0.25) is 10.0 Å². The first-order valence-electron chi connectivity index (χ1n) is 6.76. The Balaban J connectivity index is 2.21. The molecule has 112 valence electrons. The number of sulfonamides is 1. The van der Waals surface area contributed by atoms with E-state index >= 15 is 0 Å². The standard InChI is InChI=1S/C14H21NO4S/c1-11(16)12-5-7-14(8-6-12)20(17,18)15-9-3-4-13(10-15)19-2/h5-8,11,13,16H,3-4,9-10H2,1-2H3. The van der Waals surface area contributed by atoms with Gasteiger partial charge in [0.05, 0.1) is 17.1 Å². The number of ether oxygens (including phenoxy) is 1. The third-order valence-electron chi connectivity index (χ3n) is 3.67. The van der Waals surface area contributed by atoms with Crippen molar-refractivity contribution in [3.05, 3.63) is 29.8 Å². The summed E-state index contributed by atoms with van der Waals surface area (Å²) in [4.78, 5) is 0.263. The highest BCUT2D eigenvalue weighted by Gasteiger charge is 2.30. The van der Waals surface area contributed by atoms with Gasteiger partial charge in [-0.2, -0.15) is 4.31 Å². The zero-order valence-corrected chi connectivity index (χ0v) is 12.6. The Hall–Kier alpha value is -0.950. The van der Waals surface area contributed by atoms with Crippen LogP contribution in [0.2, 0.25) is 0 Å². The molecule has 5 nitrogen and oxygen atoms in total. The van der Waals surface area contributed by atoms with Crippen LogP contribution in [0.15, 0.2) is 29.2 Å². The van der Waals surface area contributed by atoms with Gasteiger partial charge < -0.3 is 9.84 Å². The quantitative estimate of drug-likeness (QED) is 0.916. The second kappa shape index (κ2) is 6.22. The van der Waals surface area contributed by atoms with Crippen molar-refractivity contribution in [1.29, 1.82) is 0 Å². The molecule has 0 spiro atoms. The summed E-state index contributed by atoms with van der Waals surface area (Å²) in [5.41, 5.74) is 0.706. The van der Waals surface area contributed by atoms with Gasteiger partial charge in [0.1, 0.15) is 0 Å². The van der Waals surface area contributed by atoms with E-state index in [-0.39, 0.29) is 11.0 Å². The zero-order chi connectivity index (χ0) is 14.8. The molecule has 1 N–H and O–H groups in total. The van der Waals surface area contributed by atoms with Crippen molar-refractivity contribution in [2.45, 2.75) is 36.9 Å². The van der Waals surface area contributed by atoms with Crippen LogP contribution in [0.25, 0.3) is 0 Å². The molecule has 2 atom stereocenters. The molecule has 1 aliphatic heterocycles. The van der Waals surface area contributed by atoms with Gasteiger partial charge in [-0.15, -0.1) is 0 Å². The third kappa shape index (κ3) is 3.20. The molecule has 0 aliphatic carbocycles. The predicted molar refractivity (Wildman–Crippen MR) is 75.9 cm³/mol. The first-order chi connectivity index (χ1) is 9.45. The molecule has 0 saturated carbocycles. The summed E-state index contributed by atoms with van der Waals surface area (Å²) < 4.78 is 31.8. The summed E-state index contributed by atoms with van der Waals surface area (Å²) in [5.74, 6) is 0. The smallest absolute Gasteiger partial charge is 0.243 e.